The van der Waals surface area contributed by atoms with Crippen molar-refractivity contribution in [1.82, 2.24) is 10.3 Å². The number of fused-ring (bicyclic) bond motifs is 1. The van der Waals surface area contributed by atoms with Gasteiger partial charge < -0.3 is 10.4 Å². The summed E-state index contributed by atoms with van der Waals surface area (Å²) in [6.07, 6.45) is 7.74. The van der Waals surface area contributed by atoms with Crippen molar-refractivity contribution in [2.75, 3.05) is 0 Å². The van der Waals surface area contributed by atoms with Crippen LogP contribution < -0.4 is 5.32 Å². The maximum atomic E-state index is 9.56. The first-order valence-corrected chi connectivity index (χ1v) is 7.94. The molecule has 0 bridgehead atoms. The summed E-state index contributed by atoms with van der Waals surface area (Å²) in [5, 5.41) is 14.6. The lowest BCUT2D eigenvalue weighted by Crippen LogP contribution is -2.37. The molecule has 0 aromatic carbocycles. The molecule has 0 saturated heterocycles. The van der Waals surface area contributed by atoms with Gasteiger partial charge in [-0.15, -0.1) is 11.3 Å². The molecule has 1 aromatic rings. The highest BCUT2D eigenvalue weighted by molar-refractivity contribution is 7.11. The summed E-state index contributed by atoms with van der Waals surface area (Å²) in [5.74, 6) is 0. The summed E-state index contributed by atoms with van der Waals surface area (Å²) in [7, 11) is 0. The first-order valence-electron chi connectivity index (χ1n) is 7.12. The molecule has 0 amide bonds. The second kappa shape index (κ2) is 5.27. The maximum Gasteiger partial charge on any atom is 0.0900 e. The Morgan fingerprint density at radius 3 is 2.78 bits per heavy atom. The fourth-order valence-corrected chi connectivity index (χ4v) is 4.30. The molecule has 2 aliphatic rings. The average molecular weight is 266 g/mol. The Labute approximate surface area is 113 Å². The van der Waals surface area contributed by atoms with Gasteiger partial charge >= 0.3 is 0 Å². The summed E-state index contributed by atoms with van der Waals surface area (Å²) in [5.41, 5.74) is 1.33. The SMILES string of the molecule is Cc1nc2c(s1)C(NC1CCC(O)CC1)CCC2. The minimum atomic E-state index is -0.0596. The van der Waals surface area contributed by atoms with Gasteiger partial charge in [-0.25, -0.2) is 4.98 Å². The Hall–Kier alpha value is -0.450. The third-order valence-corrected chi connectivity index (χ3v) is 5.32. The van der Waals surface area contributed by atoms with Crippen LogP contribution in [0.25, 0.3) is 0 Å². The van der Waals surface area contributed by atoms with Crippen LogP contribution in [0.15, 0.2) is 0 Å². The summed E-state index contributed by atoms with van der Waals surface area (Å²) in [6.45, 7) is 2.11. The van der Waals surface area contributed by atoms with Crippen molar-refractivity contribution in [2.24, 2.45) is 0 Å². The number of aliphatic hydroxyl groups is 1. The first kappa shape index (κ1) is 12.6. The number of nitrogens with zero attached hydrogens (tertiary/aromatic N) is 1. The molecular formula is C14H22N2OS. The predicted octanol–water partition coefficient (Wildman–Crippen LogP) is 2.72. The summed E-state index contributed by atoms with van der Waals surface area (Å²) in [6, 6.07) is 1.10. The molecule has 100 valence electrons. The minimum absolute atomic E-state index is 0.0596. The predicted molar refractivity (Wildman–Crippen MR) is 73.9 cm³/mol. The number of hydrogen-bond acceptors (Lipinski definition) is 4. The molecule has 18 heavy (non-hydrogen) atoms. The molecule has 1 unspecified atom stereocenters. The number of nitrogens with one attached hydrogen (secondary N) is 1. The normalized spacial score (nSPS) is 32.2. The Morgan fingerprint density at radius 2 is 2.00 bits per heavy atom. The van der Waals surface area contributed by atoms with Gasteiger partial charge in [-0.2, -0.15) is 0 Å². The third kappa shape index (κ3) is 2.60. The van der Waals surface area contributed by atoms with Crippen LogP contribution in [0, 0.1) is 6.92 Å². The van der Waals surface area contributed by atoms with Crippen LogP contribution in [0.1, 0.15) is 60.1 Å². The van der Waals surface area contributed by atoms with Crippen molar-refractivity contribution in [2.45, 2.75) is 70.1 Å². The third-order valence-electron chi connectivity index (χ3n) is 4.19. The van der Waals surface area contributed by atoms with E-state index < -0.39 is 0 Å². The van der Waals surface area contributed by atoms with Gasteiger partial charge in [0.1, 0.15) is 0 Å². The molecule has 1 saturated carbocycles. The molecule has 2 aliphatic carbocycles. The number of rotatable bonds is 2. The van der Waals surface area contributed by atoms with Crippen molar-refractivity contribution in [3.8, 4) is 0 Å². The second-order valence-electron chi connectivity index (χ2n) is 5.66. The van der Waals surface area contributed by atoms with Gasteiger partial charge in [0, 0.05) is 17.0 Å². The monoisotopic (exact) mass is 266 g/mol. The molecule has 0 spiro atoms. The van der Waals surface area contributed by atoms with Crippen LogP contribution in [0.3, 0.4) is 0 Å². The van der Waals surface area contributed by atoms with Crippen LogP contribution in [0.4, 0.5) is 0 Å². The lowest BCUT2D eigenvalue weighted by molar-refractivity contribution is 0.113. The molecule has 3 rings (SSSR count). The first-order chi connectivity index (χ1) is 8.72. The van der Waals surface area contributed by atoms with Crippen molar-refractivity contribution in [1.29, 1.82) is 0 Å². The van der Waals surface area contributed by atoms with Crippen LogP contribution in [0.5, 0.6) is 0 Å². The van der Waals surface area contributed by atoms with E-state index in [0.717, 1.165) is 32.1 Å². The molecule has 0 radical (unpaired) electrons. The van der Waals surface area contributed by atoms with Crippen molar-refractivity contribution < 1.29 is 5.11 Å². The number of aryl methyl sites for hydroxylation is 2. The molecule has 3 nitrogen and oxygen atoms in total. The van der Waals surface area contributed by atoms with E-state index >= 15 is 0 Å². The molecular weight excluding hydrogens is 244 g/mol. The van der Waals surface area contributed by atoms with Gasteiger partial charge in [-0.1, -0.05) is 0 Å². The number of thiazole rings is 1. The van der Waals surface area contributed by atoms with Crippen molar-refractivity contribution >= 4 is 11.3 Å². The van der Waals surface area contributed by atoms with E-state index in [1.165, 1.54) is 28.4 Å². The lowest BCUT2D eigenvalue weighted by Gasteiger charge is -2.31. The zero-order valence-electron chi connectivity index (χ0n) is 11.0. The lowest BCUT2D eigenvalue weighted by atomic mass is 9.90. The highest BCUT2D eigenvalue weighted by Gasteiger charge is 2.27. The fraction of sp³-hybridized carbons (Fsp3) is 0.786. The van der Waals surface area contributed by atoms with Crippen molar-refractivity contribution in [3.05, 3.63) is 15.6 Å². The second-order valence-corrected chi connectivity index (χ2v) is 6.90. The average Bonchev–Trinajstić information content (AvgIpc) is 2.73. The molecule has 1 heterocycles. The molecule has 2 N–H and O–H groups in total. The van der Waals surface area contributed by atoms with Crippen LogP contribution >= 0.6 is 11.3 Å². The minimum Gasteiger partial charge on any atom is -0.393 e. The van der Waals surface area contributed by atoms with E-state index in [2.05, 4.69) is 17.2 Å². The van der Waals surface area contributed by atoms with Crippen LogP contribution in [-0.4, -0.2) is 22.2 Å². The molecule has 1 aromatic heterocycles. The topological polar surface area (TPSA) is 45.2 Å². The van der Waals surface area contributed by atoms with E-state index in [9.17, 15) is 5.11 Å². The van der Waals surface area contributed by atoms with Gasteiger partial charge in [0.05, 0.1) is 16.8 Å². The highest BCUT2D eigenvalue weighted by Crippen LogP contribution is 2.35. The molecule has 0 aliphatic heterocycles. The maximum absolute atomic E-state index is 9.56. The van der Waals surface area contributed by atoms with E-state index in [-0.39, 0.29) is 6.10 Å². The van der Waals surface area contributed by atoms with Gasteiger partial charge in [0.15, 0.2) is 0 Å². The number of hydrogen-bond donors (Lipinski definition) is 2. The fourth-order valence-electron chi connectivity index (χ4n) is 3.23. The Kier molecular flexibility index (Phi) is 3.68. The zero-order chi connectivity index (χ0) is 12.5. The molecule has 1 fully saturated rings. The number of aromatic nitrogens is 1. The standard InChI is InChI=1S/C14H22N2OS/c1-9-15-12-3-2-4-13(14(12)18-9)16-10-5-7-11(17)8-6-10/h10-11,13,16-17H,2-8H2,1H3. The van der Waals surface area contributed by atoms with Gasteiger partial charge in [0.2, 0.25) is 0 Å². The highest BCUT2D eigenvalue weighted by atomic mass is 32.1. The Bertz CT molecular complexity index is 410. The quantitative estimate of drug-likeness (QED) is 0.865. The van der Waals surface area contributed by atoms with E-state index in [1.54, 1.807) is 0 Å². The van der Waals surface area contributed by atoms with E-state index in [4.69, 9.17) is 0 Å². The van der Waals surface area contributed by atoms with Crippen LogP contribution in [0.2, 0.25) is 0 Å². The summed E-state index contributed by atoms with van der Waals surface area (Å²) < 4.78 is 0. The number of aliphatic hydroxyl groups excluding tert-OH is 1. The van der Waals surface area contributed by atoms with Gasteiger partial charge in [-0.3, -0.25) is 0 Å². The van der Waals surface area contributed by atoms with Crippen LogP contribution in [-0.2, 0) is 6.42 Å². The van der Waals surface area contributed by atoms with E-state index in [0.29, 0.717) is 12.1 Å². The molecule has 4 heteroatoms. The Morgan fingerprint density at radius 1 is 1.22 bits per heavy atom. The van der Waals surface area contributed by atoms with Crippen molar-refractivity contribution in [3.63, 3.8) is 0 Å². The molecule has 1 atom stereocenters. The summed E-state index contributed by atoms with van der Waals surface area (Å²) in [4.78, 5) is 6.12. The zero-order valence-corrected chi connectivity index (χ0v) is 11.8. The smallest absolute Gasteiger partial charge is 0.0900 e. The Balaban J connectivity index is 1.67. The largest absolute Gasteiger partial charge is 0.393 e. The van der Waals surface area contributed by atoms with Gasteiger partial charge in [-0.05, 0) is 51.9 Å². The van der Waals surface area contributed by atoms with Gasteiger partial charge in [0.25, 0.3) is 0 Å². The van der Waals surface area contributed by atoms with E-state index in [1.807, 2.05) is 11.3 Å². The summed E-state index contributed by atoms with van der Waals surface area (Å²) >= 11 is 1.86.